The number of rotatable bonds is 11. The van der Waals surface area contributed by atoms with E-state index in [2.05, 4.69) is 12.2 Å². The van der Waals surface area contributed by atoms with Crippen LogP contribution in [0.4, 0.5) is 0 Å². The molecule has 2 rings (SSSR count). The van der Waals surface area contributed by atoms with Crippen molar-refractivity contribution in [3.8, 4) is 0 Å². The van der Waals surface area contributed by atoms with Gasteiger partial charge in [-0.15, -0.1) is 0 Å². The Bertz CT molecular complexity index is 1140. The van der Waals surface area contributed by atoms with Crippen molar-refractivity contribution in [1.29, 1.82) is 0 Å². The zero-order chi connectivity index (χ0) is 29.9. The summed E-state index contributed by atoms with van der Waals surface area (Å²) in [5.74, 6) is -1.93. The van der Waals surface area contributed by atoms with Crippen LogP contribution in [0.15, 0.2) is 57.9 Å². The third kappa shape index (κ3) is 5.86. The number of allylic oxidation sites excluding steroid dienone is 10. The molecule has 39 heavy (non-hydrogen) atoms. The monoisotopic (exact) mass is 536 g/mol. The van der Waals surface area contributed by atoms with Crippen LogP contribution in [0.2, 0.25) is 0 Å². The number of carbonyl (C=O) groups is 3. The van der Waals surface area contributed by atoms with Gasteiger partial charge >= 0.3 is 0 Å². The molecule has 1 N–H and O–H groups in total. The van der Waals surface area contributed by atoms with E-state index in [9.17, 15) is 19.5 Å². The lowest BCUT2D eigenvalue weighted by molar-refractivity contribution is -0.180. The molecule has 4 atom stereocenters. The van der Waals surface area contributed by atoms with Crippen LogP contribution in [0, 0.1) is 28.1 Å². The number of carbonyl (C=O) groups excluding carboxylic acids is 3. The molecular weight excluding hydrogens is 484 g/mol. The van der Waals surface area contributed by atoms with Gasteiger partial charge < -0.3 is 5.11 Å². The summed E-state index contributed by atoms with van der Waals surface area (Å²) in [5, 5.41) is 11.9. The van der Waals surface area contributed by atoms with Crippen LogP contribution in [0.1, 0.15) is 115 Å². The minimum atomic E-state index is -1.83. The van der Waals surface area contributed by atoms with Crippen molar-refractivity contribution in [1.82, 2.24) is 0 Å². The Morgan fingerprint density at radius 3 is 1.92 bits per heavy atom. The Labute approximate surface area is 237 Å². The van der Waals surface area contributed by atoms with Gasteiger partial charge in [0.15, 0.2) is 22.8 Å². The van der Waals surface area contributed by atoms with Gasteiger partial charge in [-0.3, -0.25) is 14.4 Å². The van der Waals surface area contributed by atoms with Gasteiger partial charge in [-0.2, -0.15) is 0 Å². The van der Waals surface area contributed by atoms with E-state index >= 15 is 0 Å². The third-order valence-corrected chi connectivity index (χ3v) is 8.98. The fourth-order valence-electron chi connectivity index (χ4n) is 6.71. The van der Waals surface area contributed by atoms with E-state index in [0.29, 0.717) is 25.7 Å². The van der Waals surface area contributed by atoms with Crippen molar-refractivity contribution in [2.75, 3.05) is 0 Å². The van der Waals surface area contributed by atoms with E-state index in [4.69, 9.17) is 0 Å². The topological polar surface area (TPSA) is 71.4 Å². The highest BCUT2D eigenvalue weighted by Gasteiger charge is 2.75. The van der Waals surface area contributed by atoms with Gasteiger partial charge in [0.1, 0.15) is 5.76 Å². The maximum atomic E-state index is 15.0. The van der Waals surface area contributed by atoms with Gasteiger partial charge in [0.05, 0.1) is 5.41 Å². The Morgan fingerprint density at radius 2 is 1.44 bits per heavy atom. The highest BCUT2D eigenvalue weighted by molar-refractivity contribution is 6.33. The quantitative estimate of drug-likeness (QED) is 0.211. The van der Waals surface area contributed by atoms with Gasteiger partial charge in [-0.25, -0.2) is 0 Å². The van der Waals surface area contributed by atoms with Crippen LogP contribution in [0.25, 0.3) is 0 Å². The molecule has 0 spiro atoms. The van der Waals surface area contributed by atoms with Crippen molar-refractivity contribution in [2.45, 2.75) is 115 Å². The molecule has 4 heteroatoms. The first kappa shape index (κ1) is 32.7. The average Bonchev–Trinajstić information content (AvgIpc) is 2.81. The zero-order valence-electron chi connectivity index (χ0n) is 26.4. The first-order chi connectivity index (χ1) is 18.0. The average molecular weight is 537 g/mol. The predicted octanol–water partition coefficient (Wildman–Crippen LogP) is 8.99. The number of aliphatic hydroxyl groups excluding tert-OH is 1. The summed E-state index contributed by atoms with van der Waals surface area (Å²) < 4.78 is 0. The Balaban J connectivity index is 3.09. The fraction of sp³-hybridized carbons (Fsp3) is 0.629. The molecule has 0 aromatic carbocycles. The van der Waals surface area contributed by atoms with Gasteiger partial charge in [-0.1, -0.05) is 67.4 Å². The van der Waals surface area contributed by atoms with Gasteiger partial charge in [0.2, 0.25) is 0 Å². The van der Waals surface area contributed by atoms with E-state index in [-0.39, 0.29) is 41.7 Å². The smallest absolute Gasteiger partial charge is 0.184 e. The molecule has 1 fully saturated rings. The molecule has 0 unspecified atom stereocenters. The maximum absolute atomic E-state index is 15.0. The van der Waals surface area contributed by atoms with Gasteiger partial charge in [-0.05, 0) is 105 Å². The van der Waals surface area contributed by atoms with Crippen molar-refractivity contribution in [2.24, 2.45) is 28.1 Å². The molecule has 2 bridgehead atoms. The highest BCUT2D eigenvalue weighted by atomic mass is 16.3. The summed E-state index contributed by atoms with van der Waals surface area (Å²) >= 11 is 0. The molecule has 216 valence electrons. The van der Waals surface area contributed by atoms with Crippen molar-refractivity contribution in [3.63, 3.8) is 0 Å². The fourth-order valence-corrected chi connectivity index (χ4v) is 6.71. The number of Topliss-reactive ketones (excluding diaryl/α,β-unsaturated/α-hetero) is 3. The maximum Gasteiger partial charge on any atom is 0.184 e. The molecule has 0 aromatic heterocycles. The molecule has 0 heterocycles. The van der Waals surface area contributed by atoms with Crippen LogP contribution < -0.4 is 0 Å². The second-order valence-electron chi connectivity index (χ2n) is 13.5. The molecule has 0 amide bonds. The number of fused-ring (bicyclic) bond motifs is 2. The van der Waals surface area contributed by atoms with Crippen LogP contribution in [0.3, 0.4) is 0 Å². The Hall–Kier alpha value is -2.49. The number of ketones is 3. The minimum Gasteiger partial charge on any atom is -0.511 e. The summed E-state index contributed by atoms with van der Waals surface area (Å²) in [6.45, 7) is 21.6. The van der Waals surface area contributed by atoms with E-state index in [1.165, 1.54) is 5.57 Å². The number of hydrogen-bond acceptors (Lipinski definition) is 4. The second kappa shape index (κ2) is 12.4. The molecule has 2 aliphatic carbocycles. The normalized spacial score (nSPS) is 28.3. The number of aliphatic hydroxyl groups is 1. The molecular formula is C35H52O4. The van der Waals surface area contributed by atoms with Crippen molar-refractivity contribution in [3.05, 3.63) is 57.9 Å². The van der Waals surface area contributed by atoms with E-state index in [1.54, 1.807) is 13.8 Å². The largest absolute Gasteiger partial charge is 0.511 e. The van der Waals surface area contributed by atoms with E-state index < -0.39 is 27.9 Å². The lowest BCUT2D eigenvalue weighted by Crippen LogP contribution is -2.71. The second-order valence-corrected chi connectivity index (χ2v) is 13.5. The zero-order valence-corrected chi connectivity index (χ0v) is 26.4. The third-order valence-electron chi connectivity index (χ3n) is 8.98. The summed E-state index contributed by atoms with van der Waals surface area (Å²) in [6, 6.07) is 0. The van der Waals surface area contributed by atoms with E-state index in [0.717, 1.165) is 16.7 Å². The summed E-state index contributed by atoms with van der Waals surface area (Å²) in [4.78, 5) is 44.3. The van der Waals surface area contributed by atoms with Crippen LogP contribution in [-0.4, -0.2) is 22.5 Å². The number of hydrogen-bond donors (Lipinski definition) is 1. The molecule has 0 radical (unpaired) electrons. The lowest BCUT2D eigenvalue weighted by atomic mass is 9.38. The molecule has 0 aromatic rings. The minimum absolute atomic E-state index is 0.117. The molecule has 2 aliphatic rings. The SMILES string of the molecule is CC(C)=CCC[C@]1(C)[C@@H](CC=C(C)C)C[C@]2(CC=C(C)C)C(=O)[C@]1(C(=O)C(C)C)C(=O)C(CC=C(C)C)=C2O. The highest BCUT2D eigenvalue weighted by Crippen LogP contribution is 2.67. The summed E-state index contributed by atoms with van der Waals surface area (Å²) in [7, 11) is 0. The van der Waals surface area contributed by atoms with E-state index in [1.807, 2.05) is 74.5 Å². The molecule has 4 nitrogen and oxygen atoms in total. The summed E-state index contributed by atoms with van der Waals surface area (Å²) in [5.41, 5.74) is 0.583. The van der Waals surface area contributed by atoms with Gasteiger partial charge in [0.25, 0.3) is 0 Å². The summed E-state index contributed by atoms with van der Waals surface area (Å²) in [6.07, 6.45) is 11.0. The van der Waals surface area contributed by atoms with Crippen molar-refractivity contribution >= 4 is 17.3 Å². The standard InChI is InChI=1S/C35H52O4/c1-22(2)13-12-19-33(11)27(16-14-23(3)4)21-34(20-18-25(7)8)30(37)28(17-15-24(5)6)31(38)35(33,32(34)39)29(36)26(9)10/h13-15,18,26-27,37H,12,16-17,19-21H2,1-11H3/t27-,33+,34-,35-/m0/s1. The lowest BCUT2D eigenvalue weighted by Gasteiger charge is -2.61. The van der Waals surface area contributed by atoms with Crippen molar-refractivity contribution < 1.29 is 19.5 Å². The van der Waals surface area contributed by atoms with Crippen LogP contribution >= 0.6 is 0 Å². The van der Waals surface area contributed by atoms with Gasteiger partial charge in [0, 0.05) is 11.5 Å². The predicted molar refractivity (Wildman–Crippen MR) is 161 cm³/mol. The molecule has 1 saturated carbocycles. The Kier molecular flexibility index (Phi) is 10.4. The van der Waals surface area contributed by atoms with Crippen LogP contribution in [-0.2, 0) is 14.4 Å². The molecule has 0 saturated heterocycles. The first-order valence-corrected chi connectivity index (χ1v) is 14.6. The van der Waals surface area contributed by atoms with Crippen LogP contribution in [0.5, 0.6) is 0 Å². The molecule has 0 aliphatic heterocycles. The Morgan fingerprint density at radius 1 is 0.897 bits per heavy atom. The first-order valence-electron chi connectivity index (χ1n) is 14.6.